The van der Waals surface area contributed by atoms with Gasteiger partial charge < -0.3 is 11.1 Å². The van der Waals surface area contributed by atoms with Crippen molar-refractivity contribution in [1.82, 2.24) is 0 Å². The fraction of sp³-hybridized carbons (Fsp3) is 0.417. The van der Waals surface area contributed by atoms with Gasteiger partial charge in [-0.3, -0.25) is 4.79 Å². The highest BCUT2D eigenvalue weighted by atomic mass is 127. The summed E-state index contributed by atoms with van der Waals surface area (Å²) in [7, 11) is 0. The third kappa shape index (κ3) is 3.66. The van der Waals surface area contributed by atoms with E-state index in [4.69, 9.17) is 5.73 Å². The molecule has 1 rings (SSSR count). The summed E-state index contributed by atoms with van der Waals surface area (Å²) in [6, 6.07) is 5.79. The first kappa shape index (κ1) is 14.9. The number of nitrogens with one attached hydrogen (secondary N) is 1. The van der Waals surface area contributed by atoms with Crippen molar-refractivity contribution in [2.75, 3.05) is 11.9 Å². The second kappa shape index (κ2) is 6.15. The Bertz CT molecular complexity index is 419. The van der Waals surface area contributed by atoms with E-state index in [1.165, 1.54) is 0 Å². The summed E-state index contributed by atoms with van der Waals surface area (Å²) >= 11 is 5.59. The molecule has 3 nitrogen and oxygen atoms in total. The zero-order chi connectivity index (χ0) is 13.1. The molecule has 17 heavy (non-hydrogen) atoms. The third-order valence-corrected chi connectivity index (χ3v) is 4.39. The highest BCUT2D eigenvalue weighted by molar-refractivity contribution is 14.1. The normalized spacial score (nSPS) is 14.2. The van der Waals surface area contributed by atoms with Crippen molar-refractivity contribution in [2.24, 2.45) is 11.1 Å². The molecule has 0 aliphatic heterocycles. The minimum Gasteiger partial charge on any atom is -0.329 e. The Morgan fingerprint density at radius 2 is 2.24 bits per heavy atom. The van der Waals surface area contributed by atoms with Crippen LogP contribution in [0, 0.1) is 8.99 Å². The van der Waals surface area contributed by atoms with Crippen LogP contribution in [0.5, 0.6) is 0 Å². The number of hydrogen-bond acceptors (Lipinski definition) is 2. The van der Waals surface area contributed by atoms with Gasteiger partial charge in [0, 0.05) is 14.6 Å². The lowest BCUT2D eigenvalue weighted by Crippen LogP contribution is -2.39. The van der Waals surface area contributed by atoms with Crippen molar-refractivity contribution >= 4 is 50.1 Å². The number of hydrogen-bond donors (Lipinski definition) is 2. The summed E-state index contributed by atoms with van der Waals surface area (Å²) < 4.78 is 1.95. The number of amides is 1. The van der Waals surface area contributed by atoms with E-state index in [-0.39, 0.29) is 5.91 Å². The molecule has 1 atom stereocenters. The van der Waals surface area contributed by atoms with Crippen LogP contribution in [0.15, 0.2) is 22.7 Å². The lowest BCUT2D eigenvalue weighted by molar-refractivity contribution is -0.124. The van der Waals surface area contributed by atoms with Gasteiger partial charge in [0.2, 0.25) is 5.91 Å². The summed E-state index contributed by atoms with van der Waals surface area (Å²) in [6.45, 7) is 4.20. The number of nitrogens with two attached hydrogens (primary N) is 1. The molecule has 1 amide bonds. The topological polar surface area (TPSA) is 55.1 Å². The van der Waals surface area contributed by atoms with Crippen LogP contribution in [0.25, 0.3) is 0 Å². The number of carbonyl (C=O) groups is 1. The number of carbonyl (C=O) groups excluding carboxylic acids is 1. The second-order valence-corrected chi connectivity index (χ2v) is 6.27. The Labute approximate surface area is 124 Å². The summed E-state index contributed by atoms with van der Waals surface area (Å²) in [6.07, 6.45) is 0.722. The van der Waals surface area contributed by atoms with Gasteiger partial charge in [-0.1, -0.05) is 22.9 Å². The van der Waals surface area contributed by atoms with Crippen LogP contribution < -0.4 is 11.1 Å². The maximum Gasteiger partial charge on any atom is 0.231 e. The molecule has 0 heterocycles. The molecule has 0 radical (unpaired) electrons. The van der Waals surface area contributed by atoms with Gasteiger partial charge in [-0.25, -0.2) is 0 Å². The molecule has 3 N–H and O–H groups in total. The van der Waals surface area contributed by atoms with Gasteiger partial charge in [-0.05, 0) is 54.1 Å². The van der Waals surface area contributed by atoms with E-state index in [1.54, 1.807) is 0 Å². The van der Waals surface area contributed by atoms with Crippen LogP contribution in [0.4, 0.5) is 5.69 Å². The van der Waals surface area contributed by atoms with Gasteiger partial charge in [0.25, 0.3) is 0 Å². The van der Waals surface area contributed by atoms with Gasteiger partial charge in [-0.15, -0.1) is 0 Å². The molecule has 0 aliphatic carbocycles. The van der Waals surface area contributed by atoms with Crippen molar-refractivity contribution in [1.29, 1.82) is 0 Å². The Balaban J connectivity index is 2.91. The highest BCUT2D eigenvalue weighted by Crippen LogP contribution is 2.26. The smallest absolute Gasteiger partial charge is 0.231 e. The standard InChI is InChI=1S/C12H16BrIN2O/c1-3-12(2,7-15)11(17)16-10-6-8(13)4-5-9(10)14/h4-6H,3,7,15H2,1-2H3,(H,16,17). The average Bonchev–Trinajstić information content (AvgIpc) is 2.32. The van der Waals surface area contributed by atoms with Crippen LogP contribution in [-0.4, -0.2) is 12.5 Å². The Morgan fingerprint density at radius 3 is 2.76 bits per heavy atom. The molecule has 0 spiro atoms. The molecule has 0 fully saturated rings. The first-order valence-corrected chi connectivity index (χ1v) is 7.26. The third-order valence-electron chi connectivity index (χ3n) is 2.96. The van der Waals surface area contributed by atoms with Crippen LogP contribution in [0.3, 0.4) is 0 Å². The molecule has 94 valence electrons. The number of halogens is 2. The second-order valence-electron chi connectivity index (χ2n) is 4.20. The van der Waals surface area contributed by atoms with Gasteiger partial charge >= 0.3 is 0 Å². The molecule has 0 bridgehead atoms. The first-order valence-electron chi connectivity index (χ1n) is 5.39. The summed E-state index contributed by atoms with van der Waals surface area (Å²) in [5.41, 5.74) is 5.98. The van der Waals surface area contributed by atoms with Crippen molar-refractivity contribution in [3.05, 3.63) is 26.2 Å². The maximum absolute atomic E-state index is 12.2. The van der Waals surface area contributed by atoms with E-state index in [2.05, 4.69) is 43.8 Å². The zero-order valence-electron chi connectivity index (χ0n) is 9.89. The molecule has 1 aromatic rings. The molecule has 1 unspecified atom stereocenters. The molecule has 1 aromatic carbocycles. The van der Waals surface area contributed by atoms with E-state index in [0.717, 1.165) is 20.2 Å². The lowest BCUT2D eigenvalue weighted by atomic mass is 9.86. The van der Waals surface area contributed by atoms with Crippen molar-refractivity contribution in [3.63, 3.8) is 0 Å². The van der Waals surface area contributed by atoms with Crippen molar-refractivity contribution < 1.29 is 4.79 Å². The number of benzene rings is 1. The molecule has 0 saturated heterocycles. The van der Waals surface area contributed by atoms with E-state index < -0.39 is 5.41 Å². The van der Waals surface area contributed by atoms with Gasteiger partial charge in [0.05, 0.1) is 11.1 Å². The van der Waals surface area contributed by atoms with E-state index >= 15 is 0 Å². The van der Waals surface area contributed by atoms with Gasteiger partial charge in [-0.2, -0.15) is 0 Å². The number of rotatable bonds is 4. The van der Waals surface area contributed by atoms with Crippen LogP contribution in [0.1, 0.15) is 20.3 Å². The summed E-state index contributed by atoms with van der Waals surface area (Å²) in [5.74, 6) is -0.0292. The summed E-state index contributed by atoms with van der Waals surface area (Å²) in [5, 5.41) is 2.94. The molecule has 5 heteroatoms. The van der Waals surface area contributed by atoms with Gasteiger partial charge in [0.15, 0.2) is 0 Å². The van der Waals surface area contributed by atoms with E-state index in [1.807, 2.05) is 32.0 Å². The largest absolute Gasteiger partial charge is 0.329 e. The fourth-order valence-electron chi connectivity index (χ4n) is 1.26. The minimum absolute atomic E-state index is 0.0292. The number of anilines is 1. The maximum atomic E-state index is 12.2. The minimum atomic E-state index is -0.509. The van der Waals surface area contributed by atoms with Crippen LogP contribution >= 0.6 is 38.5 Å². The first-order chi connectivity index (χ1) is 7.92. The molecule has 0 saturated carbocycles. The van der Waals surface area contributed by atoms with Crippen LogP contribution in [-0.2, 0) is 4.79 Å². The fourth-order valence-corrected chi connectivity index (χ4v) is 2.10. The Morgan fingerprint density at radius 1 is 1.59 bits per heavy atom. The lowest BCUT2D eigenvalue weighted by Gasteiger charge is -2.25. The Hall–Kier alpha value is -0.140. The molecular weight excluding hydrogens is 395 g/mol. The highest BCUT2D eigenvalue weighted by Gasteiger charge is 2.29. The van der Waals surface area contributed by atoms with E-state index in [9.17, 15) is 4.79 Å². The van der Waals surface area contributed by atoms with E-state index in [0.29, 0.717) is 6.54 Å². The monoisotopic (exact) mass is 410 g/mol. The Kier molecular flexibility index (Phi) is 5.40. The van der Waals surface area contributed by atoms with Gasteiger partial charge in [0.1, 0.15) is 0 Å². The van der Waals surface area contributed by atoms with Crippen molar-refractivity contribution in [3.8, 4) is 0 Å². The van der Waals surface area contributed by atoms with Crippen molar-refractivity contribution in [2.45, 2.75) is 20.3 Å². The molecule has 0 aliphatic rings. The summed E-state index contributed by atoms with van der Waals surface area (Å²) in [4.78, 5) is 12.2. The predicted molar refractivity (Wildman–Crippen MR) is 82.9 cm³/mol. The predicted octanol–water partition coefficient (Wildman–Crippen LogP) is 3.37. The van der Waals surface area contributed by atoms with Crippen LogP contribution in [0.2, 0.25) is 0 Å². The zero-order valence-corrected chi connectivity index (χ0v) is 13.6. The molecular formula is C12H16BrIN2O. The quantitative estimate of drug-likeness (QED) is 0.747. The SMILES string of the molecule is CCC(C)(CN)C(=O)Nc1cc(Br)ccc1I. The molecule has 0 aromatic heterocycles. The average molecular weight is 411 g/mol.